The number of carboxylic acids is 1. The smallest absolute Gasteiger partial charge is 0.338 e. The van der Waals surface area contributed by atoms with Crippen LogP contribution in [0.1, 0.15) is 22.3 Å². The van der Waals surface area contributed by atoms with Crippen LogP contribution in [-0.4, -0.2) is 30.2 Å². The van der Waals surface area contributed by atoms with Gasteiger partial charge in [-0.1, -0.05) is 12.1 Å². The van der Waals surface area contributed by atoms with Gasteiger partial charge in [0.15, 0.2) is 0 Å². The summed E-state index contributed by atoms with van der Waals surface area (Å²) in [6, 6.07) is 4.93. The van der Waals surface area contributed by atoms with E-state index in [1.165, 1.54) is 4.90 Å². The zero-order valence-corrected chi connectivity index (χ0v) is 9.56. The standard InChI is InChI=1S/C12H14N2O3/c1-8-4-2-5-9(10(8)11(15)16)14-7-3-6-13-12(14)17/h2,4-5H,3,6-7H2,1H3,(H,13,17)(H,15,16). The number of nitrogens with zero attached hydrogens (tertiary/aromatic N) is 1. The highest BCUT2D eigenvalue weighted by Gasteiger charge is 2.24. The van der Waals surface area contributed by atoms with E-state index in [4.69, 9.17) is 0 Å². The summed E-state index contributed by atoms with van der Waals surface area (Å²) in [5, 5.41) is 11.9. The third-order valence-electron chi connectivity index (χ3n) is 2.84. The average Bonchev–Trinajstić information content (AvgIpc) is 2.28. The zero-order chi connectivity index (χ0) is 12.4. The van der Waals surface area contributed by atoms with E-state index in [-0.39, 0.29) is 11.6 Å². The van der Waals surface area contributed by atoms with Crippen molar-refractivity contribution in [2.75, 3.05) is 18.0 Å². The van der Waals surface area contributed by atoms with Gasteiger partial charge in [0.2, 0.25) is 0 Å². The van der Waals surface area contributed by atoms with Gasteiger partial charge in [-0.15, -0.1) is 0 Å². The fourth-order valence-electron chi connectivity index (χ4n) is 2.01. The summed E-state index contributed by atoms with van der Waals surface area (Å²) in [7, 11) is 0. The summed E-state index contributed by atoms with van der Waals surface area (Å²) in [5.41, 5.74) is 1.33. The van der Waals surface area contributed by atoms with Crippen molar-refractivity contribution >= 4 is 17.7 Å². The molecule has 1 saturated heterocycles. The number of benzene rings is 1. The lowest BCUT2D eigenvalue weighted by Gasteiger charge is -2.28. The maximum absolute atomic E-state index is 11.7. The Morgan fingerprint density at radius 2 is 2.24 bits per heavy atom. The van der Waals surface area contributed by atoms with E-state index < -0.39 is 5.97 Å². The summed E-state index contributed by atoms with van der Waals surface area (Å²) >= 11 is 0. The minimum Gasteiger partial charge on any atom is -0.478 e. The molecule has 0 bridgehead atoms. The molecular weight excluding hydrogens is 220 g/mol. The second-order valence-electron chi connectivity index (χ2n) is 4.01. The van der Waals surface area contributed by atoms with Crippen LogP contribution in [-0.2, 0) is 0 Å². The molecule has 5 nitrogen and oxygen atoms in total. The van der Waals surface area contributed by atoms with E-state index in [9.17, 15) is 14.7 Å². The van der Waals surface area contributed by atoms with E-state index in [0.29, 0.717) is 24.3 Å². The lowest BCUT2D eigenvalue weighted by atomic mass is 10.1. The third-order valence-corrected chi connectivity index (χ3v) is 2.84. The first kappa shape index (κ1) is 11.4. The van der Waals surface area contributed by atoms with Crippen molar-refractivity contribution in [3.8, 4) is 0 Å². The first-order chi connectivity index (χ1) is 8.11. The SMILES string of the molecule is Cc1cccc(N2CCCNC2=O)c1C(=O)O. The molecule has 0 radical (unpaired) electrons. The van der Waals surface area contributed by atoms with Crippen molar-refractivity contribution in [1.29, 1.82) is 0 Å². The molecule has 0 unspecified atom stereocenters. The van der Waals surface area contributed by atoms with Gasteiger partial charge in [-0.2, -0.15) is 0 Å². The van der Waals surface area contributed by atoms with Crippen LogP contribution in [0.25, 0.3) is 0 Å². The molecule has 0 aromatic heterocycles. The first-order valence-corrected chi connectivity index (χ1v) is 5.49. The van der Waals surface area contributed by atoms with Crippen molar-refractivity contribution in [3.63, 3.8) is 0 Å². The van der Waals surface area contributed by atoms with Crippen LogP contribution < -0.4 is 10.2 Å². The Bertz CT molecular complexity index is 471. The fourth-order valence-corrected chi connectivity index (χ4v) is 2.01. The van der Waals surface area contributed by atoms with Crippen LogP contribution in [0.3, 0.4) is 0 Å². The van der Waals surface area contributed by atoms with Crippen LogP contribution in [0, 0.1) is 6.92 Å². The second-order valence-corrected chi connectivity index (χ2v) is 4.01. The molecule has 1 aliphatic rings. The quantitative estimate of drug-likeness (QED) is 0.816. The van der Waals surface area contributed by atoms with E-state index in [0.717, 1.165) is 6.42 Å². The first-order valence-electron chi connectivity index (χ1n) is 5.49. The number of rotatable bonds is 2. The Morgan fingerprint density at radius 1 is 1.47 bits per heavy atom. The van der Waals surface area contributed by atoms with Crippen LogP contribution in [0.5, 0.6) is 0 Å². The Balaban J connectivity index is 2.47. The number of hydrogen-bond donors (Lipinski definition) is 2. The molecule has 1 aromatic carbocycles. The molecule has 1 fully saturated rings. The lowest BCUT2D eigenvalue weighted by molar-refractivity contribution is 0.0697. The molecule has 90 valence electrons. The molecule has 2 rings (SSSR count). The number of anilines is 1. The van der Waals surface area contributed by atoms with Gasteiger partial charge >= 0.3 is 12.0 Å². The molecular formula is C12H14N2O3. The maximum Gasteiger partial charge on any atom is 0.338 e. The van der Waals surface area contributed by atoms with Gasteiger partial charge < -0.3 is 10.4 Å². The molecule has 0 spiro atoms. The Hall–Kier alpha value is -2.04. The molecule has 5 heteroatoms. The molecule has 0 aliphatic carbocycles. The van der Waals surface area contributed by atoms with Crippen molar-refractivity contribution < 1.29 is 14.7 Å². The summed E-state index contributed by atoms with van der Waals surface area (Å²) in [6.45, 7) is 2.92. The van der Waals surface area contributed by atoms with Gasteiger partial charge in [-0.3, -0.25) is 4.90 Å². The third kappa shape index (κ3) is 2.08. The molecule has 1 aromatic rings. The largest absolute Gasteiger partial charge is 0.478 e. The highest BCUT2D eigenvalue weighted by molar-refractivity contribution is 6.02. The summed E-state index contributed by atoms with van der Waals surface area (Å²) < 4.78 is 0. The molecule has 1 aliphatic heterocycles. The number of urea groups is 1. The van der Waals surface area contributed by atoms with Gasteiger partial charge in [-0.05, 0) is 25.0 Å². The molecule has 1 heterocycles. The van der Waals surface area contributed by atoms with E-state index in [1.54, 1.807) is 25.1 Å². The van der Waals surface area contributed by atoms with Gasteiger partial charge in [0.05, 0.1) is 11.3 Å². The number of aromatic carboxylic acids is 1. The van der Waals surface area contributed by atoms with Crippen molar-refractivity contribution in [3.05, 3.63) is 29.3 Å². The predicted octanol–water partition coefficient (Wildman–Crippen LogP) is 1.61. The number of aryl methyl sites for hydroxylation is 1. The average molecular weight is 234 g/mol. The Morgan fingerprint density at radius 3 is 2.88 bits per heavy atom. The topological polar surface area (TPSA) is 69.6 Å². The number of carboxylic acid groups (broad SMARTS) is 1. The summed E-state index contributed by atoms with van der Waals surface area (Å²) in [5.74, 6) is -1.00. The summed E-state index contributed by atoms with van der Waals surface area (Å²) in [4.78, 5) is 24.4. The minimum atomic E-state index is -1.00. The van der Waals surface area contributed by atoms with E-state index in [1.807, 2.05) is 0 Å². The molecule has 2 N–H and O–H groups in total. The van der Waals surface area contributed by atoms with Gasteiger partial charge in [0.25, 0.3) is 0 Å². The van der Waals surface area contributed by atoms with E-state index >= 15 is 0 Å². The Kier molecular flexibility index (Phi) is 2.99. The minimum absolute atomic E-state index is 0.199. The normalized spacial score (nSPS) is 15.6. The van der Waals surface area contributed by atoms with Crippen LogP contribution in [0.15, 0.2) is 18.2 Å². The van der Waals surface area contributed by atoms with E-state index in [2.05, 4.69) is 5.32 Å². The number of carbonyl (C=O) groups excluding carboxylic acids is 1. The molecule has 2 amide bonds. The van der Waals surface area contributed by atoms with Gasteiger partial charge in [-0.25, -0.2) is 9.59 Å². The zero-order valence-electron chi connectivity index (χ0n) is 9.56. The van der Waals surface area contributed by atoms with Crippen molar-refractivity contribution in [1.82, 2.24) is 5.32 Å². The summed E-state index contributed by atoms with van der Waals surface area (Å²) in [6.07, 6.45) is 0.818. The van der Waals surface area contributed by atoms with Gasteiger partial charge in [0.1, 0.15) is 0 Å². The number of nitrogens with one attached hydrogen (secondary N) is 1. The highest BCUT2D eigenvalue weighted by atomic mass is 16.4. The highest BCUT2D eigenvalue weighted by Crippen LogP contribution is 2.25. The number of carbonyl (C=O) groups is 2. The molecule has 0 atom stereocenters. The van der Waals surface area contributed by atoms with Crippen molar-refractivity contribution in [2.24, 2.45) is 0 Å². The van der Waals surface area contributed by atoms with Crippen LogP contribution >= 0.6 is 0 Å². The number of hydrogen-bond acceptors (Lipinski definition) is 2. The molecule has 0 saturated carbocycles. The van der Waals surface area contributed by atoms with Gasteiger partial charge in [0, 0.05) is 13.1 Å². The molecule has 17 heavy (non-hydrogen) atoms. The van der Waals surface area contributed by atoms with Crippen molar-refractivity contribution in [2.45, 2.75) is 13.3 Å². The second kappa shape index (κ2) is 4.45. The fraction of sp³-hybridized carbons (Fsp3) is 0.333. The lowest BCUT2D eigenvalue weighted by Crippen LogP contribution is -2.47. The van der Waals surface area contributed by atoms with Crippen LogP contribution in [0.2, 0.25) is 0 Å². The van der Waals surface area contributed by atoms with Crippen LogP contribution in [0.4, 0.5) is 10.5 Å². The number of amides is 2. The Labute approximate surface area is 99.0 Å². The maximum atomic E-state index is 11.7. The monoisotopic (exact) mass is 234 g/mol. The predicted molar refractivity (Wildman–Crippen MR) is 63.5 cm³/mol.